The van der Waals surface area contributed by atoms with Gasteiger partial charge >= 0.3 is 0 Å². The summed E-state index contributed by atoms with van der Waals surface area (Å²) in [5.74, 6) is 2.22. The lowest BCUT2D eigenvalue weighted by Gasteiger charge is -2.14. The number of nitrogens with zero attached hydrogens (tertiary/aromatic N) is 5. The number of hydrogen-bond donors (Lipinski definition) is 0. The molecule has 11 aromatic rings. The SMILES string of the molecule is c1ccc(-c2ccc(-c3cc(-c4nc(-c5cc6ccccc6c6ccccc56)nc(-c5cc6ccccc6c6ccccc56)n4)nc(-c4ccccc4)n3)cc2)cc1. The molecule has 0 spiro atoms. The number of rotatable bonds is 6. The molecule has 5 nitrogen and oxygen atoms in total. The van der Waals surface area contributed by atoms with Gasteiger partial charge in [0.05, 0.1) is 5.69 Å². The predicted molar refractivity (Wildman–Crippen MR) is 238 cm³/mol. The molecule has 0 bridgehead atoms. The molecule has 0 atom stereocenters. The molecule has 270 valence electrons. The van der Waals surface area contributed by atoms with Gasteiger partial charge in [-0.15, -0.1) is 0 Å². The van der Waals surface area contributed by atoms with E-state index < -0.39 is 0 Å². The summed E-state index contributed by atoms with van der Waals surface area (Å²) in [6.07, 6.45) is 0. The Bertz CT molecular complexity index is 3190. The zero-order valence-corrected chi connectivity index (χ0v) is 31.3. The maximum atomic E-state index is 5.35. The van der Waals surface area contributed by atoms with Crippen molar-refractivity contribution in [2.24, 2.45) is 0 Å². The van der Waals surface area contributed by atoms with Gasteiger partial charge in [-0.2, -0.15) is 0 Å². The molecule has 5 heteroatoms. The molecule has 11 rings (SSSR count). The highest BCUT2D eigenvalue weighted by atomic mass is 15.1. The van der Waals surface area contributed by atoms with E-state index in [0.717, 1.165) is 71.4 Å². The second-order valence-corrected chi connectivity index (χ2v) is 14.5. The van der Waals surface area contributed by atoms with Crippen LogP contribution in [0.3, 0.4) is 0 Å². The molecule has 0 aliphatic heterocycles. The second-order valence-electron chi connectivity index (χ2n) is 14.5. The van der Waals surface area contributed by atoms with Crippen molar-refractivity contribution in [2.45, 2.75) is 0 Å². The van der Waals surface area contributed by atoms with Crippen LogP contribution in [-0.4, -0.2) is 24.9 Å². The number of hydrogen-bond acceptors (Lipinski definition) is 5. The smallest absolute Gasteiger partial charge is 0.182 e. The molecule has 0 aliphatic rings. The molecule has 0 radical (unpaired) electrons. The third kappa shape index (κ3) is 5.94. The molecule has 0 unspecified atom stereocenters. The maximum absolute atomic E-state index is 5.35. The van der Waals surface area contributed by atoms with Gasteiger partial charge in [0.1, 0.15) is 5.69 Å². The summed E-state index contributed by atoms with van der Waals surface area (Å²) >= 11 is 0. The van der Waals surface area contributed by atoms with Crippen LogP contribution in [-0.2, 0) is 0 Å². The molecule has 0 saturated carbocycles. The fourth-order valence-corrected chi connectivity index (χ4v) is 8.10. The highest BCUT2D eigenvalue weighted by Gasteiger charge is 2.20. The zero-order valence-electron chi connectivity index (χ0n) is 31.3. The number of aromatic nitrogens is 5. The van der Waals surface area contributed by atoms with E-state index in [1.807, 2.05) is 42.5 Å². The van der Waals surface area contributed by atoms with Gasteiger partial charge in [-0.1, -0.05) is 182 Å². The first-order valence-electron chi connectivity index (χ1n) is 19.4. The van der Waals surface area contributed by atoms with Crippen LogP contribution in [0.25, 0.3) is 111 Å². The summed E-state index contributed by atoms with van der Waals surface area (Å²) < 4.78 is 0. The van der Waals surface area contributed by atoms with E-state index in [2.05, 4.69) is 158 Å². The normalized spacial score (nSPS) is 11.4. The van der Waals surface area contributed by atoms with Gasteiger partial charge in [-0.3, -0.25) is 0 Å². The van der Waals surface area contributed by atoms with Crippen LogP contribution in [0.4, 0.5) is 0 Å². The second kappa shape index (κ2) is 14.0. The summed E-state index contributed by atoms with van der Waals surface area (Å²) in [6, 6.07) is 69.4. The monoisotopic (exact) mass is 739 g/mol. The highest BCUT2D eigenvalue weighted by Crippen LogP contribution is 2.38. The van der Waals surface area contributed by atoms with Crippen molar-refractivity contribution >= 4 is 43.1 Å². The summed E-state index contributed by atoms with van der Waals surface area (Å²) in [4.78, 5) is 26.3. The summed E-state index contributed by atoms with van der Waals surface area (Å²) in [6.45, 7) is 0. The Hall–Kier alpha value is -7.89. The Balaban J connectivity index is 1.18. The van der Waals surface area contributed by atoms with Crippen molar-refractivity contribution in [2.75, 3.05) is 0 Å². The van der Waals surface area contributed by atoms with Gasteiger partial charge in [0, 0.05) is 22.3 Å². The molecule has 58 heavy (non-hydrogen) atoms. The summed E-state index contributed by atoms with van der Waals surface area (Å²) in [7, 11) is 0. The van der Waals surface area contributed by atoms with Gasteiger partial charge in [0.15, 0.2) is 23.3 Å². The van der Waals surface area contributed by atoms with Gasteiger partial charge in [-0.05, 0) is 72.4 Å². The molecule has 0 fully saturated rings. The van der Waals surface area contributed by atoms with Gasteiger partial charge in [-0.25, -0.2) is 24.9 Å². The molecular formula is C53H33N5. The molecule has 2 heterocycles. The van der Waals surface area contributed by atoms with Crippen molar-refractivity contribution in [3.05, 3.63) is 200 Å². The molecule has 0 N–H and O–H groups in total. The van der Waals surface area contributed by atoms with Gasteiger partial charge in [0.25, 0.3) is 0 Å². The van der Waals surface area contributed by atoms with E-state index in [0.29, 0.717) is 29.0 Å². The highest BCUT2D eigenvalue weighted by molar-refractivity contribution is 6.14. The van der Waals surface area contributed by atoms with Crippen LogP contribution >= 0.6 is 0 Å². The van der Waals surface area contributed by atoms with Crippen molar-refractivity contribution in [3.8, 4) is 68.1 Å². The lowest BCUT2D eigenvalue weighted by molar-refractivity contribution is 1.05. The fourth-order valence-electron chi connectivity index (χ4n) is 8.10. The van der Waals surface area contributed by atoms with Crippen molar-refractivity contribution in [1.82, 2.24) is 24.9 Å². The van der Waals surface area contributed by atoms with Crippen LogP contribution in [0, 0.1) is 0 Å². The molecule has 2 aromatic heterocycles. The standard InChI is InChI=1S/C53H33N5/c1-3-15-34(16-4-1)35-27-29-36(30-28-35)48-33-49(55-50(54-48)37-17-5-2-6-18-37)53-57-51(46-31-38-19-7-9-21-40(38)42-23-11-13-25-44(42)46)56-52(58-53)47-32-39-20-8-10-22-41(39)43-24-12-14-26-45(43)47/h1-33H. The van der Waals surface area contributed by atoms with E-state index in [9.17, 15) is 0 Å². The van der Waals surface area contributed by atoms with Crippen molar-refractivity contribution < 1.29 is 0 Å². The van der Waals surface area contributed by atoms with Crippen LogP contribution < -0.4 is 0 Å². The average Bonchev–Trinajstić information content (AvgIpc) is 3.31. The Morgan fingerprint density at radius 1 is 0.224 bits per heavy atom. The Morgan fingerprint density at radius 3 is 1.17 bits per heavy atom. The van der Waals surface area contributed by atoms with Crippen LogP contribution in [0.2, 0.25) is 0 Å². The first kappa shape index (κ1) is 33.4. The lowest BCUT2D eigenvalue weighted by atomic mass is 9.96. The zero-order chi connectivity index (χ0) is 38.4. The quantitative estimate of drug-likeness (QED) is 0.159. The van der Waals surface area contributed by atoms with E-state index in [1.54, 1.807) is 0 Å². The minimum Gasteiger partial charge on any atom is -0.228 e. The van der Waals surface area contributed by atoms with Crippen molar-refractivity contribution in [3.63, 3.8) is 0 Å². The number of benzene rings is 9. The Kier molecular flexibility index (Phi) is 8.07. The van der Waals surface area contributed by atoms with Crippen LogP contribution in [0.15, 0.2) is 200 Å². The first-order valence-corrected chi connectivity index (χ1v) is 19.4. The third-order valence-corrected chi connectivity index (χ3v) is 10.9. The summed E-state index contributed by atoms with van der Waals surface area (Å²) in [5.41, 5.74) is 7.42. The predicted octanol–water partition coefficient (Wildman–Crippen LogP) is 13.3. The van der Waals surface area contributed by atoms with E-state index in [4.69, 9.17) is 24.9 Å². The largest absolute Gasteiger partial charge is 0.228 e. The molecule has 0 amide bonds. The van der Waals surface area contributed by atoms with Crippen LogP contribution in [0.5, 0.6) is 0 Å². The Morgan fingerprint density at radius 2 is 0.621 bits per heavy atom. The first-order chi connectivity index (χ1) is 28.7. The fraction of sp³-hybridized carbons (Fsp3) is 0. The lowest BCUT2D eigenvalue weighted by Crippen LogP contribution is -2.04. The minimum absolute atomic E-state index is 0.469. The van der Waals surface area contributed by atoms with Gasteiger partial charge < -0.3 is 0 Å². The molecule has 9 aromatic carbocycles. The van der Waals surface area contributed by atoms with Crippen LogP contribution in [0.1, 0.15) is 0 Å². The summed E-state index contributed by atoms with van der Waals surface area (Å²) in [5, 5.41) is 9.02. The molecular weight excluding hydrogens is 707 g/mol. The minimum atomic E-state index is 0.469. The average molecular weight is 740 g/mol. The van der Waals surface area contributed by atoms with E-state index >= 15 is 0 Å². The van der Waals surface area contributed by atoms with Gasteiger partial charge in [0.2, 0.25) is 0 Å². The number of fused-ring (bicyclic) bond motifs is 6. The molecule has 0 saturated heterocycles. The maximum Gasteiger partial charge on any atom is 0.182 e. The van der Waals surface area contributed by atoms with Crippen molar-refractivity contribution in [1.29, 1.82) is 0 Å². The van der Waals surface area contributed by atoms with E-state index in [1.165, 1.54) is 10.8 Å². The molecule has 0 aliphatic carbocycles. The third-order valence-electron chi connectivity index (χ3n) is 10.9. The Labute approximate surface area is 335 Å². The van der Waals surface area contributed by atoms with E-state index in [-0.39, 0.29) is 0 Å². The topological polar surface area (TPSA) is 64.5 Å².